The summed E-state index contributed by atoms with van der Waals surface area (Å²) in [6, 6.07) is 5.97. The Kier molecular flexibility index (Phi) is 3.75. The van der Waals surface area contributed by atoms with Crippen LogP contribution in [0.3, 0.4) is 0 Å². The summed E-state index contributed by atoms with van der Waals surface area (Å²) >= 11 is 0. The van der Waals surface area contributed by atoms with E-state index in [1.54, 1.807) is 0 Å². The SMILES string of the molecule is COc1ncc(NC(=O)c2cc(C)cc(C)c2)cn1. The third-order valence-electron chi connectivity index (χ3n) is 2.55. The lowest BCUT2D eigenvalue weighted by Gasteiger charge is -2.07. The summed E-state index contributed by atoms with van der Waals surface area (Å²) in [5.74, 6) is -0.180. The van der Waals surface area contributed by atoms with Crippen LogP contribution in [0.25, 0.3) is 0 Å². The van der Waals surface area contributed by atoms with Gasteiger partial charge in [-0.25, -0.2) is 9.97 Å². The van der Waals surface area contributed by atoms with Crippen molar-refractivity contribution in [3.8, 4) is 6.01 Å². The van der Waals surface area contributed by atoms with Gasteiger partial charge in [-0.15, -0.1) is 0 Å². The van der Waals surface area contributed by atoms with Crippen molar-refractivity contribution in [2.45, 2.75) is 13.8 Å². The van der Waals surface area contributed by atoms with E-state index < -0.39 is 0 Å². The van der Waals surface area contributed by atoms with E-state index in [4.69, 9.17) is 4.74 Å². The van der Waals surface area contributed by atoms with Gasteiger partial charge in [-0.1, -0.05) is 17.2 Å². The quantitative estimate of drug-likeness (QED) is 0.916. The molecule has 5 heteroatoms. The first-order valence-corrected chi connectivity index (χ1v) is 5.84. The van der Waals surface area contributed by atoms with Gasteiger partial charge in [-0.2, -0.15) is 0 Å². The number of benzene rings is 1. The molecule has 1 heterocycles. The van der Waals surface area contributed by atoms with Crippen LogP contribution in [-0.2, 0) is 0 Å². The lowest BCUT2D eigenvalue weighted by atomic mass is 10.1. The van der Waals surface area contributed by atoms with E-state index in [1.807, 2.05) is 32.0 Å². The minimum absolute atomic E-state index is 0.180. The lowest BCUT2D eigenvalue weighted by Crippen LogP contribution is -2.12. The van der Waals surface area contributed by atoms with E-state index in [1.165, 1.54) is 19.5 Å². The van der Waals surface area contributed by atoms with Crippen molar-refractivity contribution in [2.75, 3.05) is 12.4 Å². The highest BCUT2D eigenvalue weighted by Crippen LogP contribution is 2.12. The summed E-state index contributed by atoms with van der Waals surface area (Å²) in [7, 11) is 1.49. The molecule has 0 aliphatic rings. The number of nitrogens with zero attached hydrogens (tertiary/aromatic N) is 2. The molecule has 0 unspecified atom stereocenters. The largest absolute Gasteiger partial charge is 0.467 e. The topological polar surface area (TPSA) is 64.1 Å². The highest BCUT2D eigenvalue weighted by atomic mass is 16.5. The van der Waals surface area contributed by atoms with Crippen molar-refractivity contribution < 1.29 is 9.53 Å². The van der Waals surface area contributed by atoms with E-state index in [2.05, 4.69) is 15.3 Å². The minimum Gasteiger partial charge on any atom is -0.467 e. The number of aromatic nitrogens is 2. The van der Waals surface area contributed by atoms with E-state index in [9.17, 15) is 4.79 Å². The molecule has 0 spiro atoms. The Balaban J connectivity index is 2.15. The molecule has 2 aromatic rings. The predicted octanol–water partition coefficient (Wildman–Crippen LogP) is 2.35. The van der Waals surface area contributed by atoms with Gasteiger partial charge in [0.15, 0.2) is 0 Å². The smallest absolute Gasteiger partial charge is 0.316 e. The summed E-state index contributed by atoms with van der Waals surface area (Å²) < 4.78 is 4.86. The van der Waals surface area contributed by atoms with Crippen LogP contribution in [0.5, 0.6) is 6.01 Å². The van der Waals surface area contributed by atoms with Gasteiger partial charge in [0, 0.05) is 5.56 Å². The second kappa shape index (κ2) is 5.48. The Morgan fingerprint density at radius 3 is 2.21 bits per heavy atom. The van der Waals surface area contributed by atoms with Gasteiger partial charge in [0.1, 0.15) is 0 Å². The molecule has 1 amide bonds. The third-order valence-corrected chi connectivity index (χ3v) is 2.55. The Labute approximate surface area is 111 Å². The monoisotopic (exact) mass is 257 g/mol. The van der Waals surface area contributed by atoms with Gasteiger partial charge in [0.25, 0.3) is 5.91 Å². The number of aryl methyl sites for hydroxylation is 2. The van der Waals surface area contributed by atoms with Crippen molar-refractivity contribution in [1.29, 1.82) is 0 Å². The molecule has 0 saturated carbocycles. The van der Waals surface area contributed by atoms with Crippen molar-refractivity contribution >= 4 is 11.6 Å². The molecular formula is C14H15N3O2. The Bertz CT molecular complexity index is 574. The number of hydrogen-bond acceptors (Lipinski definition) is 4. The standard InChI is InChI=1S/C14H15N3O2/c1-9-4-10(2)6-11(5-9)13(18)17-12-7-15-14(19-3)16-8-12/h4-8H,1-3H3,(H,17,18). The zero-order valence-corrected chi connectivity index (χ0v) is 11.1. The van der Waals surface area contributed by atoms with Crippen molar-refractivity contribution in [1.82, 2.24) is 9.97 Å². The summed E-state index contributed by atoms with van der Waals surface area (Å²) in [6.45, 7) is 3.92. The fourth-order valence-corrected chi connectivity index (χ4v) is 1.80. The zero-order chi connectivity index (χ0) is 13.8. The van der Waals surface area contributed by atoms with Gasteiger partial charge in [0.2, 0.25) is 0 Å². The molecule has 0 fully saturated rings. The molecule has 0 radical (unpaired) electrons. The Morgan fingerprint density at radius 1 is 1.11 bits per heavy atom. The van der Waals surface area contributed by atoms with Crippen LogP contribution >= 0.6 is 0 Å². The van der Waals surface area contributed by atoms with Crippen LogP contribution in [0, 0.1) is 13.8 Å². The number of nitrogens with one attached hydrogen (secondary N) is 1. The number of ether oxygens (including phenoxy) is 1. The number of hydrogen-bond donors (Lipinski definition) is 1. The van der Waals surface area contributed by atoms with Gasteiger partial charge < -0.3 is 10.1 Å². The highest BCUT2D eigenvalue weighted by Gasteiger charge is 2.08. The van der Waals surface area contributed by atoms with E-state index >= 15 is 0 Å². The third kappa shape index (κ3) is 3.28. The first-order valence-electron chi connectivity index (χ1n) is 5.84. The molecule has 0 bridgehead atoms. The maximum atomic E-state index is 12.1. The molecular weight excluding hydrogens is 242 g/mol. The fraction of sp³-hybridized carbons (Fsp3) is 0.214. The Hall–Kier alpha value is -2.43. The summed E-state index contributed by atoms with van der Waals surface area (Å²) in [6.07, 6.45) is 3.01. The van der Waals surface area contributed by atoms with E-state index in [0.717, 1.165) is 11.1 Å². The maximum absolute atomic E-state index is 12.1. The molecule has 0 atom stereocenters. The van der Waals surface area contributed by atoms with Crippen molar-refractivity contribution in [3.05, 3.63) is 47.3 Å². The van der Waals surface area contributed by atoms with E-state index in [0.29, 0.717) is 11.3 Å². The number of rotatable bonds is 3. The Morgan fingerprint density at radius 2 is 1.68 bits per heavy atom. The number of methoxy groups -OCH3 is 1. The maximum Gasteiger partial charge on any atom is 0.316 e. The second-order valence-corrected chi connectivity index (χ2v) is 4.29. The first-order chi connectivity index (χ1) is 9.08. The van der Waals surface area contributed by atoms with Gasteiger partial charge in [-0.05, 0) is 26.0 Å². The van der Waals surface area contributed by atoms with Crippen LogP contribution in [0.4, 0.5) is 5.69 Å². The molecule has 0 aliphatic heterocycles. The molecule has 1 aromatic heterocycles. The summed E-state index contributed by atoms with van der Waals surface area (Å²) in [5.41, 5.74) is 3.26. The van der Waals surface area contributed by atoms with Crippen LogP contribution in [0.1, 0.15) is 21.5 Å². The average Bonchev–Trinajstić information content (AvgIpc) is 2.38. The molecule has 0 aliphatic carbocycles. The average molecular weight is 257 g/mol. The van der Waals surface area contributed by atoms with Crippen molar-refractivity contribution in [3.63, 3.8) is 0 Å². The molecule has 1 N–H and O–H groups in total. The molecule has 98 valence electrons. The number of amides is 1. The second-order valence-electron chi connectivity index (χ2n) is 4.29. The molecule has 5 nitrogen and oxygen atoms in total. The summed E-state index contributed by atoms with van der Waals surface area (Å²) in [4.78, 5) is 19.9. The number of anilines is 1. The predicted molar refractivity (Wildman–Crippen MR) is 72.5 cm³/mol. The van der Waals surface area contributed by atoms with Gasteiger partial charge >= 0.3 is 6.01 Å². The minimum atomic E-state index is -0.180. The van der Waals surface area contributed by atoms with Gasteiger partial charge in [-0.3, -0.25) is 4.79 Å². The number of carbonyl (C=O) groups excluding carboxylic acids is 1. The zero-order valence-electron chi connectivity index (χ0n) is 11.1. The molecule has 2 rings (SSSR count). The number of carbonyl (C=O) groups is 1. The lowest BCUT2D eigenvalue weighted by molar-refractivity contribution is 0.102. The van der Waals surface area contributed by atoms with Crippen LogP contribution in [0.2, 0.25) is 0 Å². The van der Waals surface area contributed by atoms with Crippen molar-refractivity contribution in [2.24, 2.45) is 0 Å². The molecule has 1 aromatic carbocycles. The van der Waals surface area contributed by atoms with Gasteiger partial charge in [0.05, 0.1) is 25.2 Å². The molecule has 0 saturated heterocycles. The van der Waals surface area contributed by atoms with Crippen LogP contribution in [-0.4, -0.2) is 23.0 Å². The first kappa shape index (κ1) is 13.0. The normalized spacial score (nSPS) is 10.1. The summed E-state index contributed by atoms with van der Waals surface area (Å²) in [5, 5.41) is 2.74. The molecule has 19 heavy (non-hydrogen) atoms. The van der Waals surface area contributed by atoms with Crippen LogP contribution < -0.4 is 10.1 Å². The highest BCUT2D eigenvalue weighted by molar-refractivity contribution is 6.04. The fourth-order valence-electron chi connectivity index (χ4n) is 1.80. The van der Waals surface area contributed by atoms with Crippen LogP contribution in [0.15, 0.2) is 30.6 Å². The van der Waals surface area contributed by atoms with E-state index in [-0.39, 0.29) is 11.9 Å².